The molecular formula is C9H27N3. The van der Waals surface area contributed by atoms with E-state index in [0.29, 0.717) is 0 Å². The zero-order valence-electron chi connectivity index (χ0n) is 9.24. The first-order valence-electron chi connectivity index (χ1n) is 4.83. The van der Waals surface area contributed by atoms with Gasteiger partial charge in [0.25, 0.3) is 0 Å². The topological polar surface area (TPSA) is 59.1 Å². The molecule has 3 nitrogen and oxygen atoms in total. The average molecular weight is 177 g/mol. The highest BCUT2D eigenvalue weighted by atomic mass is 14.9. The van der Waals surface area contributed by atoms with Crippen LogP contribution in [0.5, 0.6) is 0 Å². The molecule has 0 rings (SSSR count). The third kappa shape index (κ3) is 22.5. The second-order valence-electron chi connectivity index (χ2n) is 2.10. The van der Waals surface area contributed by atoms with E-state index in [0.717, 1.165) is 26.2 Å². The molecule has 0 radical (unpaired) electrons. The molecule has 3 heteroatoms. The van der Waals surface area contributed by atoms with Crippen LogP contribution in [0.15, 0.2) is 0 Å². The molecule has 0 aromatic heterocycles. The molecule has 0 saturated carbocycles. The first kappa shape index (κ1) is 17.8. The van der Waals surface area contributed by atoms with Gasteiger partial charge < -0.3 is 16.8 Å². The molecule has 0 aliphatic carbocycles. The van der Waals surface area contributed by atoms with Gasteiger partial charge in [0.1, 0.15) is 0 Å². The summed E-state index contributed by atoms with van der Waals surface area (Å²) < 4.78 is 0. The molecule has 78 valence electrons. The lowest BCUT2D eigenvalue weighted by atomic mass is 10.5. The summed E-state index contributed by atoms with van der Waals surface area (Å²) in [4.78, 5) is 0. The van der Waals surface area contributed by atoms with E-state index in [1.54, 1.807) is 0 Å². The quantitative estimate of drug-likeness (QED) is 0.542. The number of hydrogen-bond donors (Lipinski definition) is 3. The van der Waals surface area contributed by atoms with Crippen LogP contribution in [0.25, 0.3) is 0 Å². The summed E-state index contributed by atoms with van der Waals surface area (Å²) in [5.74, 6) is 0. The molecule has 0 atom stereocenters. The molecule has 0 bridgehead atoms. The van der Waals surface area contributed by atoms with Crippen molar-refractivity contribution in [3.8, 4) is 0 Å². The van der Waals surface area contributed by atoms with Gasteiger partial charge in [0.15, 0.2) is 0 Å². The molecule has 0 saturated heterocycles. The van der Waals surface area contributed by atoms with E-state index in [4.69, 9.17) is 0 Å². The minimum absolute atomic E-state index is 0. The first-order chi connectivity index (χ1) is 5.41. The molecule has 12 heavy (non-hydrogen) atoms. The van der Waals surface area contributed by atoms with Gasteiger partial charge in [-0.1, -0.05) is 27.7 Å². The van der Waals surface area contributed by atoms with Crippen molar-refractivity contribution in [1.82, 2.24) is 16.8 Å². The molecule has 0 heterocycles. The number of hydrogen-bond acceptors (Lipinski definition) is 3. The van der Waals surface area contributed by atoms with Crippen LogP contribution in [0.4, 0.5) is 0 Å². The molecule has 0 fully saturated rings. The average Bonchev–Trinajstić information content (AvgIpc) is 2.08. The van der Waals surface area contributed by atoms with Crippen LogP contribution in [0, 0.1) is 0 Å². The molecular weight excluding hydrogens is 150 g/mol. The Bertz CT molecular complexity index is 43.0. The second kappa shape index (κ2) is 22.4. The Hall–Kier alpha value is -0.120. The number of nitrogens with one attached hydrogen (secondary N) is 2. The van der Waals surface area contributed by atoms with E-state index >= 15 is 0 Å². The van der Waals surface area contributed by atoms with Crippen LogP contribution < -0.4 is 16.8 Å². The van der Waals surface area contributed by atoms with Crippen molar-refractivity contribution in [2.45, 2.75) is 34.1 Å². The Morgan fingerprint density at radius 2 is 1.33 bits per heavy atom. The highest BCUT2D eigenvalue weighted by Gasteiger charge is 1.81. The van der Waals surface area contributed by atoms with Crippen LogP contribution in [0.2, 0.25) is 0 Å². The van der Waals surface area contributed by atoms with Crippen molar-refractivity contribution in [3.05, 3.63) is 0 Å². The molecule has 0 aliphatic heterocycles. The van der Waals surface area contributed by atoms with E-state index in [9.17, 15) is 0 Å². The maximum absolute atomic E-state index is 3.31. The van der Waals surface area contributed by atoms with Gasteiger partial charge in [0.05, 0.1) is 0 Å². The smallest absolute Gasteiger partial charge is 0.00767 e. The van der Waals surface area contributed by atoms with Gasteiger partial charge in [0.2, 0.25) is 0 Å². The summed E-state index contributed by atoms with van der Waals surface area (Å²) in [6.07, 6.45) is 1.23. The van der Waals surface area contributed by atoms with Crippen LogP contribution >= 0.6 is 0 Å². The largest absolute Gasteiger partial charge is 0.344 e. The molecule has 0 aromatic carbocycles. The van der Waals surface area contributed by atoms with Gasteiger partial charge in [-0.25, -0.2) is 0 Å². The lowest BCUT2D eigenvalue weighted by Crippen LogP contribution is -2.27. The van der Waals surface area contributed by atoms with Crippen LogP contribution in [0.1, 0.15) is 34.1 Å². The van der Waals surface area contributed by atoms with Crippen molar-refractivity contribution in [1.29, 1.82) is 0 Å². The zero-order valence-corrected chi connectivity index (χ0v) is 9.24. The maximum Gasteiger partial charge on any atom is 0.00767 e. The Morgan fingerprint density at radius 3 is 1.75 bits per heavy atom. The van der Waals surface area contributed by atoms with Gasteiger partial charge in [-0.2, -0.15) is 0 Å². The van der Waals surface area contributed by atoms with E-state index in [-0.39, 0.29) is 6.15 Å². The van der Waals surface area contributed by atoms with Gasteiger partial charge >= 0.3 is 0 Å². The normalized spacial score (nSPS) is 8.00. The van der Waals surface area contributed by atoms with Gasteiger partial charge in [-0.3, -0.25) is 0 Å². The molecule has 0 amide bonds. The van der Waals surface area contributed by atoms with Crippen LogP contribution in [0.3, 0.4) is 0 Å². The summed E-state index contributed by atoms with van der Waals surface area (Å²) in [7, 11) is 0. The predicted octanol–water partition coefficient (Wildman–Crippen LogP) is 1.78. The number of likely N-dealkylation sites (N-methyl/N-ethyl adjacent to an activating group) is 1. The zero-order chi connectivity index (χ0) is 8.95. The Morgan fingerprint density at radius 1 is 0.833 bits per heavy atom. The van der Waals surface area contributed by atoms with Crippen molar-refractivity contribution in [2.75, 3.05) is 26.2 Å². The molecule has 0 unspecified atom stereocenters. The predicted molar refractivity (Wildman–Crippen MR) is 58.1 cm³/mol. The molecule has 0 aromatic rings. The second-order valence-corrected chi connectivity index (χ2v) is 2.10. The lowest BCUT2D eigenvalue weighted by Gasteiger charge is -2.01. The van der Waals surface area contributed by atoms with Gasteiger partial charge in [0, 0.05) is 13.1 Å². The summed E-state index contributed by atoms with van der Waals surface area (Å²) in [5, 5.41) is 6.55. The third-order valence-corrected chi connectivity index (χ3v) is 1.16. The Balaban J connectivity index is -0.000000249. The van der Waals surface area contributed by atoms with Crippen LogP contribution in [-0.4, -0.2) is 26.2 Å². The fraction of sp³-hybridized carbons (Fsp3) is 1.00. The van der Waals surface area contributed by atoms with E-state index < -0.39 is 0 Å². The van der Waals surface area contributed by atoms with E-state index in [1.165, 1.54) is 6.42 Å². The Kier molecular flexibility index (Phi) is 33.3. The number of rotatable bonds is 6. The summed E-state index contributed by atoms with van der Waals surface area (Å²) in [6, 6.07) is 0. The van der Waals surface area contributed by atoms with Gasteiger partial charge in [-0.15, -0.1) is 0 Å². The van der Waals surface area contributed by atoms with Gasteiger partial charge in [-0.05, 0) is 19.5 Å². The minimum Gasteiger partial charge on any atom is -0.344 e. The fourth-order valence-electron chi connectivity index (χ4n) is 0.655. The summed E-state index contributed by atoms with van der Waals surface area (Å²) >= 11 is 0. The van der Waals surface area contributed by atoms with Crippen molar-refractivity contribution >= 4 is 0 Å². The fourth-order valence-corrected chi connectivity index (χ4v) is 0.655. The van der Waals surface area contributed by atoms with Crippen LogP contribution in [-0.2, 0) is 0 Å². The summed E-state index contributed by atoms with van der Waals surface area (Å²) in [6.45, 7) is 12.7. The van der Waals surface area contributed by atoms with E-state index in [2.05, 4.69) is 24.5 Å². The minimum atomic E-state index is 0. The first-order valence-corrected chi connectivity index (χ1v) is 4.83. The molecule has 5 N–H and O–H groups in total. The monoisotopic (exact) mass is 177 g/mol. The maximum atomic E-state index is 3.31. The molecule has 0 aliphatic rings. The third-order valence-electron chi connectivity index (χ3n) is 1.16. The highest BCUT2D eigenvalue weighted by molar-refractivity contribution is 4.48. The standard InChI is InChI=1S/C7H18N2.C2H6.H3N/c1-3-5-9-7-6-8-4-2;1-2;/h8-9H,3-7H2,1-2H3;1-2H3;1H3. The molecule has 0 spiro atoms. The van der Waals surface area contributed by atoms with E-state index in [1.807, 2.05) is 13.8 Å². The Labute approximate surface area is 77.9 Å². The van der Waals surface area contributed by atoms with Crippen molar-refractivity contribution in [3.63, 3.8) is 0 Å². The lowest BCUT2D eigenvalue weighted by molar-refractivity contribution is 0.619. The van der Waals surface area contributed by atoms with Crippen molar-refractivity contribution < 1.29 is 0 Å². The summed E-state index contributed by atoms with van der Waals surface area (Å²) in [5.41, 5.74) is 0. The highest BCUT2D eigenvalue weighted by Crippen LogP contribution is 1.67. The van der Waals surface area contributed by atoms with Crippen molar-refractivity contribution in [2.24, 2.45) is 0 Å². The SMILES string of the molecule is CC.CCCNCCNCC.N.